The van der Waals surface area contributed by atoms with Gasteiger partial charge in [0.25, 0.3) is 5.91 Å². The van der Waals surface area contributed by atoms with Gasteiger partial charge in [0.05, 0.1) is 5.56 Å². The minimum Gasteiger partial charge on any atom is -0.508 e. The highest BCUT2D eigenvalue weighted by molar-refractivity contribution is 5.94. The van der Waals surface area contributed by atoms with Crippen molar-refractivity contribution in [1.82, 2.24) is 10.2 Å². The molecule has 4 rings (SSSR count). The molecule has 11 heteroatoms. The molecule has 0 radical (unpaired) electrons. The highest BCUT2D eigenvalue weighted by Crippen LogP contribution is 2.34. The Morgan fingerprint density at radius 3 is 2.13 bits per heavy atom. The third-order valence-electron chi connectivity index (χ3n) is 6.22. The second-order valence-electron chi connectivity index (χ2n) is 9.07. The van der Waals surface area contributed by atoms with E-state index in [1.54, 1.807) is 30.3 Å². The number of benzene rings is 3. The van der Waals surface area contributed by atoms with Crippen molar-refractivity contribution >= 4 is 11.6 Å². The zero-order valence-electron chi connectivity index (χ0n) is 20.1. The number of phenolic OH excluding ortho intramolecular Hbond substituents is 1. The van der Waals surface area contributed by atoms with Crippen molar-refractivity contribution in [3.05, 3.63) is 83.4 Å². The Kier molecular flexibility index (Phi) is 7.86. The molecule has 0 spiro atoms. The number of rotatable bonds is 6. The molecule has 0 aliphatic carbocycles. The minimum atomic E-state index is -4.52. The van der Waals surface area contributed by atoms with Crippen LogP contribution in [0, 0.1) is 0 Å². The Hall–Kier alpha value is -3.73. The van der Waals surface area contributed by atoms with Crippen LogP contribution in [0.15, 0.2) is 66.7 Å². The third kappa shape index (κ3) is 7.18. The minimum absolute atomic E-state index is 0.0347. The molecular weight excluding hydrogens is 512 g/mol. The predicted molar refractivity (Wildman–Crippen MR) is 131 cm³/mol. The topological polar surface area (TPSA) is 55.8 Å². The molecule has 1 fully saturated rings. The molecule has 0 atom stereocenters. The summed E-state index contributed by atoms with van der Waals surface area (Å²) >= 11 is 0. The molecule has 3 aromatic rings. The van der Waals surface area contributed by atoms with Crippen LogP contribution in [0.2, 0.25) is 0 Å². The average Bonchev–Trinajstić information content (AvgIpc) is 2.87. The van der Waals surface area contributed by atoms with Gasteiger partial charge in [-0.15, -0.1) is 0 Å². The van der Waals surface area contributed by atoms with Crippen molar-refractivity contribution in [2.24, 2.45) is 0 Å². The molecule has 1 saturated heterocycles. The van der Waals surface area contributed by atoms with Crippen LogP contribution in [-0.2, 0) is 12.7 Å². The lowest BCUT2D eigenvalue weighted by molar-refractivity contribution is -0.137. The lowest BCUT2D eigenvalue weighted by Crippen LogP contribution is -2.46. The zero-order valence-corrected chi connectivity index (χ0v) is 20.1. The summed E-state index contributed by atoms with van der Waals surface area (Å²) in [6.07, 6.45) is -9.01. The fraction of sp³-hybridized carbons (Fsp3) is 0.296. The van der Waals surface area contributed by atoms with Crippen molar-refractivity contribution < 1.29 is 36.2 Å². The van der Waals surface area contributed by atoms with Crippen molar-refractivity contribution in [2.45, 2.75) is 18.9 Å². The molecule has 1 aliphatic rings. The number of carbonyl (C=O) groups excluding carboxylic acids is 1. The summed E-state index contributed by atoms with van der Waals surface area (Å²) in [4.78, 5) is 16.0. The van der Waals surface area contributed by atoms with E-state index in [2.05, 4.69) is 0 Å². The third-order valence-corrected chi connectivity index (χ3v) is 6.22. The number of hydrogen-bond acceptors (Lipinski definition) is 4. The molecule has 0 unspecified atom stereocenters. The van der Waals surface area contributed by atoms with Gasteiger partial charge < -0.3 is 15.3 Å². The molecule has 1 heterocycles. The SMILES string of the molecule is O=C(NCC(F)(F)F)c1ccc(N2CCN(Cc3cc(-c4cccc(O)c4)cc(C(F)(F)F)c3)CC2)cc1. The lowest BCUT2D eigenvalue weighted by atomic mass is 9.99. The lowest BCUT2D eigenvalue weighted by Gasteiger charge is -2.36. The molecule has 3 aromatic carbocycles. The van der Waals surface area contributed by atoms with Crippen molar-refractivity contribution in [3.63, 3.8) is 0 Å². The normalized spacial score (nSPS) is 14.9. The fourth-order valence-electron chi connectivity index (χ4n) is 4.33. The number of piperazine rings is 1. The highest BCUT2D eigenvalue weighted by Gasteiger charge is 2.32. The number of phenols is 1. The Morgan fingerprint density at radius 2 is 1.53 bits per heavy atom. The summed E-state index contributed by atoms with van der Waals surface area (Å²) in [5.41, 5.74) is 1.50. The predicted octanol–water partition coefficient (Wildman–Crippen LogP) is 5.69. The van der Waals surface area contributed by atoms with E-state index in [0.29, 0.717) is 49.4 Å². The first-order chi connectivity index (χ1) is 17.9. The molecule has 202 valence electrons. The molecule has 1 aliphatic heterocycles. The Morgan fingerprint density at radius 1 is 0.842 bits per heavy atom. The van der Waals surface area contributed by atoms with Gasteiger partial charge in [-0.05, 0) is 71.3 Å². The summed E-state index contributed by atoms with van der Waals surface area (Å²) in [6.45, 7) is 1.21. The van der Waals surface area contributed by atoms with Crippen molar-refractivity contribution in [3.8, 4) is 16.9 Å². The molecule has 5 nitrogen and oxygen atoms in total. The largest absolute Gasteiger partial charge is 0.508 e. The maximum atomic E-state index is 13.6. The number of amides is 1. The van der Waals surface area contributed by atoms with Gasteiger partial charge in [0.15, 0.2) is 0 Å². The number of alkyl halides is 6. The summed E-state index contributed by atoms with van der Waals surface area (Å²) in [7, 11) is 0. The number of carbonyl (C=O) groups is 1. The van der Waals surface area contributed by atoms with Gasteiger partial charge in [0.1, 0.15) is 12.3 Å². The number of anilines is 1. The van der Waals surface area contributed by atoms with E-state index in [1.807, 2.05) is 15.1 Å². The Labute approximate surface area is 215 Å². The van der Waals surface area contributed by atoms with E-state index < -0.39 is 30.4 Å². The molecule has 38 heavy (non-hydrogen) atoms. The van der Waals surface area contributed by atoms with Crippen molar-refractivity contribution in [1.29, 1.82) is 0 Å². The van der Waals surface area contributed by atoms with Crippen LogP contribution in [0.4, 0.5) is 32.0 Å². The van der Waals surface area contributed by atoms with Gasteiger partial charge in [0.2, 0.25) is 0 Å². The van der Waals surface area contributed by atoms with Crippen molar-refractivity contribution in [2.75, 3.05) is 37.6 Å². The van der Waals surface area contributed by atoms with Crippen LogP contribution < -0.4 is 10.2 Å². The van der Waals surface area contributed by atoms with E-state index in [4.69, 9.17) is 0 Å². The molecule has 0 aromatic heterocycles. The monoisotopic (exact) mass is 537 g/mol. The summed E-state index contributed by atoms with van der Waals surface area (Å²) < 4.78 is 77.7. The molecule has 1 amide bonds. The van der Waals surface area contributed by atoms with E-state index in [0.717, 1.165) is 17.8 Å². The van der Waals surface area contributed by atoms with Gasteiger partial charge in [-0.25, -0.2) is 0 Å². The highest BCUT2D eigenvalue weighted by atomic mass is 19.4. The van der Waals surface area contributed by atoms with Crippen LogP contribution >= 0.6 is 0 Å². The second-order valence-corrected chi connectivity index (χ2v) is 9.07. The van der Waals surface area contributed by atoms with Gasteiger partial charge in [-0.2, -0.15) is 26.3 Å². The maximum absolute atomic E-state index is 13.6. The van der Waals surface area contributed by atoms with Crippen LogP contribution in [0.1, 0.15) is 21.5 Å². The van der Waals surface area contributed by atoms with Gasteiger partial charge >= 0.3 is 12.4 Å². The maximum Gasteiger partial charge on any atom is 0.416 e. The smallest absolute Gasteiger partial charge is 0.416 e. The Bertz CT molecular complexity index is 1270. The summed E-state index contributed by atoms with van der Waals surface area (Å²) in [6, 6.07) is 16.2. The van der Waals surface area contributed by atoms with E-state index in [-0.39, 0.29) is 11.3 Å². The standard InChI is InChI=1S/C27H25F6N3O2/c28-26(29,30)17-34-25(38)19-4-6-23(7-5-19)36-10-8-35(9-11-36)16-18-12-21(14-22(13-18)27(31,32)33)20-2-1-3-24(37)15-20/h1-7,12-15,37H,8-11,16-17H2,(H,34,38). The first kappa shape index (κ1) is 27.3. The van der Waals surface area contributed by atoms with Crippen LogP contribution in [0.25, 0.3) is 11.1 Å². The number of nitrogens with one attached hydrogen (secondary N) is 1. The van der Waals surface area contributed by atoms with E-state index in [9.17, 15) is 36.2 Å². The number of aromatic hydroxyl groups is 1. The van der Waals surface area contributed by atoms with Gasteiger partial charge in [-0.1, -0.05) is 12.1 Å². The first-order valence-electron chi connectivity index (χ1n) is 11.8. The van der Waals surface area contributed by atoms with Gasteiger partial charge in [0, 0.05) is 44.0 Å². The summed E-state index contributed by atoms with van der Waals surface area (Å²) in [5.74, 6) is -0.850. The quantitative estimate of drug-likeness (QED) is 0.397. The molecule has 0 saturated carbocycles. The molecular formula is C27H25F6N3O2. The van der Waals surface area contributed by atoms with Gasteiger partial charge in [-0.3, -0.25) is 9.69 Å². The summed E-state index contributed by atoms with van der Waals surface area (Å²) in [5, 5.41) is 11.6. The van der Waals surface area contributed by atoms with E-state index >= 15 is 0 Å². The zero-order chi connectivity index (χ0) is 27.5. The Balaban J connectivity index is 1.40. The van der Waals surface area contributed by atoms with E-state index in [1.165, 1.54) is 24.3 Å². The van der Waals surface area contributed by atoms with Crippen LogP contribution in [0.3, 0.4) is 0 Å². The number of nitrogens with zero attached hydrogens (tertiary/aromatic N) is 2. The number of hydrogen-bond donors (Lipinski definition) is 2. The second kappa shape index (κ2) is 10.9. The first-order valence-corrected chi connectivity index (χ1v) is 11.8. The average molecular weight is 538 g/mol. The molecule has 2 N–H and O–H groups in total. The molecule has 0 bridgehead atoms. The number of halogens is 6. The van der Waals surface area contributed by atoms with Crippen LogP contribution in [0.5, 0.6) is 5.75 Å². The van der Waals surface area contributed by atoms with Crippen LogP contribution in [-0.4, -0.2) is 54.8 Å². The fourth-order valence-corrected chi connectivity index (χ4v) is 4.33.